The number of rotatable bonds is 3. The van der Waals surface area contributed by atoms with Gasteiger partial charge in [-0.25, -0.2) is 14.5 Å². The summed E-state index contributed by atoms with van der Waals surface area (Å²) in [6.45, 7) is 0. The van der Waals surface area contributed by atoms with Crippen LogP contribution in [0, 0.1) is 0 Å². The lowest BCUT2D eigenvalue weighted by Gasteiger charge is -2.07. The summed E-state index contributed by atoms with van der Waals surface area (Å²) < 4.78 is 46.0. The Morgan fingerprint density at radius 1 is 1.30 bits per heavy atom. The highest BCUT2D eigenvalue weighted by molar-refractivity contribution is 5.77. The van der Waals surface area contributed by atoms with Crippen molar-refractivity contribution in [3.8, 4) is 17.4 Å². The maximum Gasteiger partial charge on any atom is 0.573 e. The normalized spacial score (nSPS) is 11.6. The Hall–Kier alpha value is -3.24. The van der Waals surface area contributed by atoms with Crippen molar-refractivity contribution in [3.63, 3.8) is 0 Å². The van der Waals surface area contributed by atoms with Crippen LogP contribution in [0.1, 0.15) is 0 Å². The maximum atomic E-state index is 12.2. The van der Waals surface area contributed by atoms with Gasteiger partial charge in [0.05, 0.1) is 23.4 Å². The molecule has 0 bridgehead atoms. The van der Waals surface area contributed by atoms with Crippen molar-refractivity contribution < 1.29 is 32.5 Å². The average molecular weight is 328 g/mol. The van der Waals surface area contributed by atoms with Crippen LogP contribution in [0.2, 0.25) is 0 Å². The van der Waals surface area contributed by atoms with Crippen LogP contribution < -0.4 is 9.47 Å². The Labute approximate surface area is 125 Å². The lowest BCUT2D eigenvalue weighted by molar-refractivity contribution is -0.274. The van der Waals surface area contributed by atoms with Crippen LogP contribution in [0.15, 0.2) is 30.6 Å². The van der Waals surface area contributed by atoms with Crippen LogP contribution in [0.4, 0.5) is 18.0 Å². The topological polar surface area (TPSA) is 102 Å². The molecule has 2 aromatic heterocycles. The molecule has 0 aliphatic rings. The van der Waals surface area contributed by atoms with Gasteiger partial charge in [-0.2, -0.15) is 5.10 Å². The number of alkyl halides is 3. The lowest BCUT2D eigenvalue weighted by atomic mass is 10.3. The van der Waals surface area contributed by atoms with Crippen LogP contribution in [0.25, 0.3) is 17.0 Å². The van der Waals surface area contributed by atoms with Crippen molar-refractivity contribution in [3.05, 3.63) is 30.6 Å². The predicted molar refractivity (Wildman–Crippen MR) is 68.6 cm³/mol. The summed E-state index contributed by atoms with van der Waals surface area (Å²) in [5, 5.41) is 12.3. The number of aromatic nitrogens is 4. The van der Waals surface area contributed by atoms with Gasteiger partial charge in [-0.05, 0) is 12.1 Å². The smallest absolute Gasteiger partial charge is 0.449 e. The van der Waals surface area contributed by atoms with E-state index in [0.29, 0.717) is 5.52 Å². The number of halogens is 3. The van der Waals surface area contributed by atoms with E-state index in [1.54, 1.807) is 0 Å². The largest absolute Gasteiger partial charge is 0.573 e. The number of benzene rings is 1. The molecule has 0 aliphatic heterocycles. The molecule has 0 aliphatic carbocycles. The van der Waals surface area contributed by atoms with E-state index < -0.39 is 18.3 Å². The summed E-state index contributed by atoms with van der Waals surface area (Å²) in [4.78, 5) is 17.3. The second kappa shape index (κ2) is 5.19. The third-order valence-corrected chi connectivity index (χ3v) is 2.66. The van der Waals surface area contributed by atoms with Gasteiger partial charge in [-0.15, -0.1) is 13.2 Å². The van der Waals surface area contributed by atoms with Crippen LogP contribution in [-0.2, 0) is 0 Å². The number of imidazole rings is 1. The van der Waals surface area contributed by atoms with Crippen LogP contribution in [0.3, 0.4) is 0 Å². The molecule has 11 heteroatoms. The predicted octanol–water partition coefficient (Wildman–Crippen LogP) is 2.70. The van der Waals surface area contributed by atoms with Gasteiger partial charge in [0, 0.05) is 6.07 Å². The molecule has 3 aromatic rings. The number of ether oxygens (including phenoxy) is 2. The van der Waals surface area contributed by atoms with Gasteiger partial charge in [-0.1, -0.05) is 0 Å². The molecule has 0 saturated heterocycles. The van der Waals surface area contributed by atoms with Gasteiger partial charge >= 0.3 is 12.5 Å². The molecule has 3 rings (SSSR count). The van der Waals surface area contributed by atoms with Gasteiger partial charge in [0.1, 0.15) is 5.75 Å². The number of carbonyl (C=O) groups is 1. The van der Waals surface area contributed by atoms with Gasteiger partial charge < -0.3 is 19.6 Å². The fourth-order valence-electron chi connectivity index (χ4n) is 1.86. The molecule has 0 amide bonds. The van der Waals surface area contributed by atoms with Gasteiger partial charge in [0.2, 0.25) is 5.95 Å². The first-order chi connectivity index (χ1) is 10.8. The highest BCUT2D eigenvalue weighted by Crippen LogP contribution is 2.26. The maximum absolute atomic E-state index is 12.2. The number of carboxylic acid groups (broad SMARTS) is 1. The fourth-order valence-corrected chi connectivity index (χ4v) is 1.86. The first-order valence-corrected chi connectivity index (χ1v) is 6.01. The number of hydrogen-bond acceptors (Lipinski definition) is 5. The summed E-state index contributed by atoms with van der Waals surface area (Å²) in [5.74, 6) is -0.251. The number of fused-ring (bicyclic) bond motifs is 1. The zero-order valence-corrected chi connectivity index (χ0v) is 11.0. The number of nitrogens with one attached hydrogen (secondary N) is 1. The molecule has 0 spiro atoms. The molecule has 0 fully saturated rings. The number of aromatic amines is 1. The van der Waals surface area contributed by atoms with Crippen LogP contribution in [-0.4, -0.2) is 37.4 Å². The summed E-state index contributed by atoms with van der Waals surface area (Å²) in [5.41, 5.74) is 0.670. The summed E-state index contributed by atoms with van der Waals surface area (Å²) >= 11 is 0. The quantitative estimate of drug-likeness (QED) is 0.717. The van der Waals surface area contributed by atoms with Crippen LogP contribution >= 0.6 is 0 Å². The van der Waals surface area contributed by atoms with Crippen molar-refractivity contribution in [2.45, 2.75) is 6.36 Å². The van der Waals surface area contributed by atoms with Crippen molar-refractivity contribution in [2.24, 2.45) is 0 Å². The molecule has 120 valence electrons. The minimum absolute atomic E-state index is 0.0287. The minimum atomic E-state index is -4.79. The number of hydrogen-bond donors (Lipinski definition) is 2. The lowest BCUT2D eigenvalue weighted by Crippen LogP contribution is -2.16. The van der Waals surface area contributed by atoms with Gasteiger partial charge in [0.25, 0.3) is 0 Å². The first kappa shape index (κ1) is 14.7. The third kappa shape index (κ3) is 3.33. The molecule has 23 heavy (non-hydrogen) atoms. The van der Waals surface area contributed by atoms with Crippen molar-refractivity contribution >= 4 is 17.2 Å². The molecule has 0 saturated carbocycles. The Morgan fingerprint density at radius 3 is 2.78 bits per heavy atom. The second-order valence-corrected chi connectivity index (χ2v) is 4.28. The molecule has 0 atom stereocenters. The number of nitrogens with zero attached hydrogens (tertiary/aromatic N) is 3. The SMILES string of the molecule is O=C(O)Oc1cnn(-c2nc3ccc(OC(F)(F)F)cc3[nH]2)c1. The zero-order chi connectivity index (χ0) is 16.6. The highest BCUT2D eigenvalue weighted by Gasteiger charge is 2.31. The van der Waals surface area contributed by atoms with Crippen molar-refractivity contribution in [1.82, 2.24) is 19.7 Å². The van der Waals surface area contributed by atoms with Crippen molar-refractivity contribution in [2.75, 3.05) is 0 Å². The van der Waals surface area contributed by atoms with Gasteiger partial charge in [0.15, 0.2) is 5.75 Å². The van der Waals surface area contributed by atoms with E-state index in [1.807, 2.05) is 0 Å². The number of H-pyrrole nitrogens is 1. The van der Waals surface area contributed by atoms with E-state index in [0.717, 1.165) is 18.3 Å². The molecule has 0 unspecified atom stereocenters. The summed E-state index contributed by atoms with van der Waals surface area (Å²) in [7, 11) is 0. The summed E-state index contributed by atoms with van der Waals surface area (Å²) in [6.07, 6.45) is -3.89. The molecule has 2 N–H and O–H groups in total. The minimum Gasteiger partial charge on any atom is -0.449 e. The molecule has 0 radical (unpaired) electrons. The average Bonchev–Trinajstić information content (AvgIpc) is 3.01. The summed E-state index contributed by atoms with van der Waals surface area (Å²) in [6, 6.07) is 3.61. The van der Waals surface area contributed by atoms with E-state index in [1.165, 1.54) is 16.9 Å². The second-order valence-electron chi connectivity index (χ2n) is 4.28. The molecule has 8 nitrogen and oxygen atoms in total. The Bertz CT molecular complexity index is 871. The molecular weight excluding hydrogens is 321 g/mol. The molecule has 1 aromatic carbocycles. The zero-order valence-electron chi connectivity index (χ0n) is 11.0. The van der Waals surface area contributed by atoms with E-state index in [2.05, 4.69) is 24.5 Å². The van der Waals surface area contributed by atoms with E-state index >= 15 is 0 Å². The standard InChI is InChI=1S/C12H7F3N4O4/c13-12(14,15)23-6-1-2-8-9(3-6)18-10(17-8)19-5-7(4-16-19)22-11(20)21/h1-5H,(H,17,18)(H,20,21). The van der Waals surface area contributed by atoms with Crippen molar-refractivity contribution in [1.29, 1.82) is 0 Å². The Morgan fingerprint density at radius 2 is 2.09 bits per heavy atom. The van der Waals surface area contributed by atoms with E-state index in [9.17, 15) is 18.0 Å². The highest BCUT2D eigenvalue weighted by atomic mass is 19.4. The van der Waals surface area contributed by atoms with Gasteiger partial charge in [-0.3, -0.25) is 0 Å². The Kier molecular flexibility index (Phi) is 3.32. The van der Waals surface area contributed by atoms with Crippen LogP contribution in [0.5, 0.6) is 11.5 Å². The molecule has 2 heterocycles. The monoisotopic (exact) mass is 328 g/mol. The Balaban J connectivity index is 1.90. The first-order valence-electron chi connectivity index (χ1n) is 6.01. The van der Waals surface area contributed by atoms with E-state index in [-0.39, 0.29) is 17.2 Å². The van der Waals surface area contributed by atoms with E-state index in [4.69, 9.17) is 5.11 Å². The fraction of sp³-hybridized carbons (Fsp3) is 0.0833. The molecular formula is C12H7F3N4O4. The third-order valence-electron chi connectivity index (χ3n) is 2.66.